The summed E-state index contributed by atoms with van der Waals surface area (Å²) in [5.41, 5.74) is 0. The van der Waals surface area contributed by atoms with Crippen molar-refractivity contribution in [3.05, 3.63) is 0 Å². The van der Waals surface area contributed by atoms with E-state index in [0.717, 1.165) is 25.5 Å². The average molecular weight is 129 g/mol. The normalized spacial score (nSPS) is 11.7. The van der Waals surface area contributed by atoms with Crippen LogP contribution in [0.1, 0.15) is 27.2 Å². The summed E-state index contributed by atoms with van der Waals surface area (Å²) in [5.74, 6) is 0.805. The molecule has 0 amide bonds. The molecule has 0 aromatic carbocycles. The van der Waals surface area contributed by atoms with E-state index >= 15 is 0 Å². The lowest BCUT2D eigenvalue weighted by Crippen LogP contribution is -2.00. The van der Waals surface area contributed by atoms with Gasteiger partial charge in [-0.2, -0.15) is 0 Å². The first-order valence-corrected chi connectivity index (χ1v) is 3.45. The van der Waals surface area contributed by atoms with Crippen LogP contribution in [0.3, 0.4) is 0 Å². The molecule has 0 bridgehead atoms. The molecule has 0 saturated heterocycles. The number of aliphatic imine (C=N–C) groups is 1. The Hall–Kier alpha value is -0.530. The largest absolute Gasteiger partial charge is 0.481 e. The Morgan fingerprint density at radius 3 is 2.56 bits per heavy atom. The minimum absolute atomic E-state index is 0.787. The van der Waals surface area contributed by atoms with Crippen molar-refractivity contribution in [2.75, 3.05) is 13.2 Å². The summed E-state index contributed by atoms with van der Waals surface area (Å²) >= 11 is 0. The number of hydrogen-bond donors (Lipinski definition) is 0. The molecule has 0 rings (SSSR count). The Kier molecular flexibility index (Phi) is 5.27. The minimum Gasteiger partial charge on any atom is -0.481 e. The predicted octanol–water partition coefficient (Wildman–Crippen LogP) is 1.85. The van der Waals surface area contributed by atoms with Crippen molar-refractivity contribution in [1.82, 2.24) is 0 Å². The van der Waals surface area contributed by atoms with Gasteiger partial charge in [-0.1, -0.05) is 6.92 Å². The van der Waals surface area contributed by atoms with Gasteiger partial charge in [0.2, 0.25) is 0 Å². The van der Waals surface area contributed by atoms with Crippen LogP contribution in [0.25, 0.3) is 0 Å². The number of rotatable bonds is 3. The molecule has 0 saturated carbocycles. The van der Waals surface area contributed by atoms with Crippen LogP contribution < -0.4 is 0 Å². The Morgan fingerprint density at radius 1 is 1.44 bits per heavy atom. The van der Waals surface area contributed by atoms with Crippen molar-refractivity contribution in [3.8, 4) is 0 Å². The van der Waals surface area contributed by atoms with Gasteiger partial charge in [0.05, 0.1) is 6.61 Å². The highest BCUT2D eigenvalue weighted by atomic mass is 16.5. The molecular weight excluding hydrogens is 114 g/mol. The molecule has 9 heavy (non-hydrogen) atoms. The fourth-order valence-corrected chi connectivity index (χ4v) is 0.518. The van der Waals surface area contributed by atoms with Crippen LogP contribution in [-0.4, -0.2) is 19.0 Å². The van der Waals surface area contributed by atoms with Crippen LogP contribution in [0.4, 0.5) is 0 Å². The zero-order valence-corrected chi connectivity index (χ0v) is 6.48. The average Bonchev–Trinajstić information content (AvgIpc) is 1.85. The summed E-state index contributed by atoms with van der Waals surface area (Å²) in [5, 5.41) is 0. The third-order valence-corrected chi connectivity index (χ3v) is 0.896. The zero-order chi connectivity index (χ0) is 7.11. The molecule has 0 aromatic heterocycles. The van der Waals surface area contributed by atoms with Crippen molar-refractivity contribution in [1.29, 1.82) is 0 Å². The lowest BCUT2D eigenvalue weighted by molar-refractivity contribution is 0.301. The van der Waals surface area contributed by atoms with E-state index in [2.05, 4.69) is 11.9 Å². The molecule has 0 N–H and O–H groups in total. The molecule has 0 atom stereocenters. The first kappa shape index (κ1) is 8.47. The van der Waals surface area contributed by atoms with Crippen molar-refractivity contribution < 1.29 is 4.74 Å². The molecule has 0 aliphatic heterocycles. The summed E-state index contributed by atoms with van der Waals surface area (Å²) in [6, 6.07) is 0. The number of ether oxygens (including phenoxy) is 1. The zero-order valence-electron chi connectivity index (χ0n) is 6.48. The Balaban J connectivity index is 3.25. The number of nitrogens with zero attached hydrogens (tertiary/aromatic N) is 1. The highest BCUT2D eigenvalue weighted by molar-refractivity contribution is 5.72. The van der Waals surface area contributed by atoms with E-state index in [1.165, 1.54) is 0 Å². The van der Waals surface area contributed by atoms with Gasteiger partial charge in [0.15, 0.2) is 5.90 Å². The quantitative estimate of drug-likeness (QED) is 0.421. The molecule has 54 valence electrons. The van der Waals surface area contributed by atoms with E-state index < -0.39 is 0 Å². The van der Waals surface area contributed by atoms with Gasteiger partial charge in [-0.05, 0) is 13.3 Å². The van der Waals surface area contributed by atoms with Crippen LogP contribution in [0.2, 0.25) is 0 Å². The van der Waals surface area contributed by atoms with Gasteiger partial charge >= 0.3 is 0 Å². The van der Waals surface area contributed by atoms with E-state index in [1.54, 1.807) is 0 Å². The molecule has 2 nitrogen and oxygen atoms in total. The monoisotopic (exact) mass is 129 g/mol. The Labute approximate surface area is 56.9 Å². The topological polar surface area (TPSA) is 21.6 Å². The van der Waals surface area contributed by atoms with Crippen LogP contribution in [0.15, 0.2) is 4.99 Å². The molecule has 0 aliphatic carbocycles. The first-order chi connectivity index (χ1) is 4.31. The standard InChI is InChI=1S/C7H15NO/c1-4-6-9-7(3)8-5-2/h4-6H2,1-3H3. The summed E-state index contributed by atoms with van der Waals surface area (Å²) in [6.45, 7) is 7.57. The fourth-order valence-electron chi connectivity index (χ4n) is 0.518. The summed E-state index contributed by atoms with van der Waals surface area (Å²) < 4.78 is 5.18. The van der Waals surface area contributed by atoms with Gasteiger partial charge in [0, 0.05) is 13.5 Å². The second-order valence-electron chi connectivity index (χ2n) is 1.84. The maximum absolute atomic E-state index is 5.18. The second-order valence-corrected chi connectivity index (χ2v) is 1.84. The molecule has 0 unspecified atom stereocenters. The van der Waals surface area contributed by atoms with E-state index in [-0.39, 0.29) is 0 Å². The van der Waals surface area contributed by atoms with Crippen LogP contribution >= 0.6 is 0 Å². The molecule has 0 fully saturated rings. The van der Waals surface area contributed by atoms with Crippen LogP contribution in [0.5, 0.6) is 0 Å². The fraction of sp³-hybridized carbons (Fsp3) is 0.857. The number of hydrogen-bond acceptors (Lipinski definition) is 2. The van der Waals surface area contributed by atoms with Crippen LogP contribution in [0, 0.1) is 0 Å². The summed E-state index contributed by atoms with van der Waals surface area (Å²) in [6.07, 6.45) is 1.05. The van der Waals surface area contributed by atoms with E-state index in [9.17, 15) is 0 Å². The predicted molar refractivity (Wildman–Crippen MR) is 39.9 cm³/mol. The smallest absolute Gasteiger partial charge is 0.179 e. The molecule has 0 spiro atoms. The Bertz CT molecular complexity index is 88.9. The van der Waals surface area contributed by atoms with Crippen molar-refractivity contribution in [2.45, 2.75) is 27.2 Å². The van der Waals surface area contributed by atoms with Gasteiger partial charge in [0.25, 0.3) is 0 Å². The van der Waals surface area contributed by atoms with E-state index in [0.29, 0.717) is 0 Å². The maximum Gasteiger partial charge on any atom is 0.179 e. The summed E-state index contributed by atoms with van der Waals surface area (Å²) in [7, 11) is 0. The molecule has 0 heterocycles. The highest BCUT2D eigenvalue weighted by Crippen LogP contribution is 1.84. The maximum atomic E-state index is 5.18. The van der Waals surface area contributed by atoms with Crippen molar-refractivity contribution in [2.24, 2.45) is 4.99 Å². The van der Waals surface area contributed by atoms with E-state index in [4.69, 9.17) is 4.74 Å². The Morgan fingerprint density at radius 2 is 2.11 bits per heavy atom. The molecule has 0 aromatic rings. The molecule has 0 radical (unpaired) electrons. The van der Waals surface area contributed by atoms with Gasteiger partial charge in [-0.3, -0.25) is 4.99 Å². The van der Waals surface area contributed by atoms with Crippen molar-refractivity contribution >= 4 is 5.90 Å². The van der Waals surface area contributed by atoms with Gasteiger partial charge < -0.3 is 4.74 Å². The lowest BCUT2D eigenvalue weighted by atomic mass is 10.5. The van der Waals surface area contributed by atoms with Crippen molar-refractivity contribution in [3.63, 3.8) is 0 Å². The molecule has 0 aliphatic rings. The van der Waals surface area contributed by atoms with E-state index in [1.807, 2.05) is 13.8 Å². The third-order valence-electron chi connectivity index (χ3n) is 0.896. The SMILES string of the molecule is CCCOC(C)=NCC. The minimum atomic E-state index is 0.787. The lowest BCUT2D eigenvalue weighted by Gasteiger charge is -2.00. The van der Waals surface area contributed by atoms with Gasteiger partial charge in [0.1, 0.15) is 0 Å². The third kappa shape index (κ3) is 5.34. The van der Waals surface area contributed by atoms with Gasteiger partial charge in [-0.25, -0.2) is 0 Å². The second kappa shape index (κ2) is 5.60. The highest BCUT2D eigenvalue weighted by Gasteiger charge is 1.85. The van der Waals surface area contributed by atoms with Gasteiger partial charge in [-0.15, -0.1) is 0 Å². The summed E-state index contributed by atoms with van der Waals surface area (Å²) in [4.78, 5) is 4.06. The first-order valence-electron chi connectivity index (χ1n) is 3.45. The van der Waals surface area contributed by atoms with Crippen LogP contribution in [-0.2, 0) is 4.74 Å². The molecule has 2 heteroatoms. The molecular formula is C7H15NO.